The Morgan fingerprint density at radius 1 is 1.05 bits per heavy atom. The summed E-state index contributed by atoms with van der Waals surface area (Å²) in [6.45, 7) is 1.54. The zero-order chi connectivity index (χ0) is 15.9. The van der Waals surface area contributed by atoms with E-state index in [0.29, 0.717) is 13.0 Å². The monoisotopic (exact) mass is 361 g/mol. The molecule has 0 heterocycles. The molecule has 0 unspecified atom stereocenters. The first-order valence-corrected chi connectivity index (χ1v) is 8.21. The first-order chi connectivity index (χ1) is 10.5. The maximum absolute atomic E-state index is 12.1. The average molecular weight is 362 g/mol. The Balaban J connectivity index is 1.92. The minimum atomic E-state index is 0.0503. The maximum atomic E-state index is 12.1. The van der Waals surface area contributed by atoms with E-state index >= 15 is 0 Å². The van der Waals surface area contributed by atoms with Crippen molar-refractivity contribution in [3.63, 3.8) is 0 Å². The van der Waals surface area contributed by atoms with Crippen molar-refractivity contribution in [3.8, 4) is 0 Å². The van der Waals surface area contributed by atoms with Gasteiger partial charge in [-0.3, -0.25) is 4.79 Å². The van der Waals surface area contributed by atoms with E-state index in [-0.39, 0.29) is 5.91 Å². The second kappa shape index (κ2) is 8.11. The molecular weight excluding hydrogens is 340 g/mol. The van der Waals surface area contributed by atoms with Crippen molar-refractivity contribution in [1.82, 2.24) is 5.32 Å². The lowest BCUT2D eigenvalue weighted by Gasteiger charge is -2.13. The standard InChI is InChI=1S/C18H21BrN2O/c1-21(2)13-16-6-4-3-5-15(16)12-20-18(22)11-14-7-9-17(19)10-8-14/h3-10H,11-13H2,1-2H3,(H,20,22)/p+1. The van der Waals surface area contributed by atoms with Gasteiger partial charge in [-0.25, -0.2) is 0 Å². The van der Waals surface area contributed by atoms with Gasteiger partial charge in [0.1, 0.15) is 6.54 Å². The number of carbonyl (C=O) groups excluding carboxylic acids is 1. The van der Waals surface area contributed by atoms with Crippen molar-refractivity contribution in [2.45, 2.75) is 19.5 Å². The van der Waals surface area contributed by atoms with Crippen LogP contribution in [0.1, 0.15) is 16.7 Å². The lowest BCUT2D eigenvalue weighted by Crippen LogP contribution is -3.04. The summed E-state index contributed by atoms with van der Waals surface area (Å²) in [5, 5.41) is 3.02. The summed E-state index contributed by atoms with van der Waals surface area (Å²) >= 11 is 3.40. The highest BCUT2D eigenvalue weighted by Gasteiger charge is 2.07. The van der Waals surface area contributed by atoms with E-state index in [0.717, 1.165) is 16.6 Å². The van der Waals surface area contributed by atoms with Gasteiger partial charge >= 0.3 is 0 Å². The van der Waals surface area contributed by atoms with Gasteiger partial charge in [0.2, 0.25) is 5.91 Å². The lowest BCUT2D eigenvalue weighted by molar-refractivity contribution is -0.872. The van der Waals surface area contributed by atoms with E-state index in [2.05, 4.69) is 47.5 Å². The smallest absolute Gasteiger partial charge is 0.224 e. The van der Waals surface area contributed by atoms with Crippen LogP contribution in [0, 0.1) is 0 Å². The van der Waals surface area contributed by atoms with Crippen molar-refractivity contribution in [2.24, 2.45) is 0 Å². The zero-order valence-electron chi connectivity index (χ0n) is 13.0. The first kappa shape index (κ1) is 16.7. The van der Waals surface area contributed by atoms with Gasteiger partial charge in [-0.1, -0.05) is 52.3 Å². The summed E-state index contributed by atoms with van der Waals surface area (Å²) in [5.41, 5.74) is 3.49. The number of benzene rings is 2. The third kappa shape index (κ3) is 5.28. The van der Waals surface area contributed by atoms with Crippen LogP contribution < -0.4 is 10.2 Å². The van der Waals surface area contributed by atoms with Gasteiger partial charge in [-0.2, -0.15) is 0 Å². The summed E-state index contributed by atoms with van der Waals surface area (Å²) in [4.78, 5) is 13.4. The van der Waals surface area contributed by atoms with Crippen LogP contribution in [0.15, 0.2) is 53.0 Å². The van der Waals surface area contributed by atoms with Gasteiger partial charge in [0, 0.05) is 16.6 Å². The first-order valence-electron chi connectivity index (χ1n) is 7.41. The minimum Gasteiger partial charge on any atom is -0.352 e. The van der Waals surface area contributed by atoms with Crippen LogP contribution in [0.5, 0.6) is 0 Å². The van der Waals surface area contributed by atoms with Gasteiger partial charge in [0.15, 0.2) is 0 Å². The number of amides is 1. The Morgan fingerprint density at radius 3 is 2.32 bits per heavy atom. The van der Waals surface area contributed by atoms with Crippen molar-refractivity contribution >= 4 is 21.8 Å². The molecule has 0 aliphatic heterocycles. The molecule has 1 amide bonds. The molecule has 0 saturated heterocycles. The van der Waals surface area contributed by atoms with Crippen LogP contribution in [0.3, 0.4) is 0 Å². The maximum Gasteiger partial charge on any atom is 0.224 e. The molecule has 0 saturated carbocycles. The van der Waals surface area contributed by atoms with Crippen LogP contribution >= 0.6 is 15.9 Å². The third-order valence-corrected chi connectivity index (χ3v) is 3.95. The number of carbonyl (C=O) groups is 1. The Labute approximate surface area is 140 Å². The number of hydrogen-bond donors (Lipinski definition) is 2. The van der Waals surface area contributed by atoms with E-state index in [1.54, 1.807) is 0 Å². The zero-order valence-corrected chi connectivity index (χ0v) is 14.6. The molecular formula is C18H22BrN2O+. The number of nitrogens with one attached hydrogen (secondary N) is 2. The molecule has 2 aromatic carbocycles. The van der Waals surface area contributed by atoms with Crippen LogP contribution in [0.4, 0.5) is 0 Å². The van der Waals surface area contributed by atoms with Crippen molar-refractivity contribution in [2.75, 3.05) is 14.1 Å². The van der Waals surface area contributed by atoms with E-state index in [1.165, 1.54) is 16.0 Å². The van der Waals surface area contributed by atoms with Gasteiger partial charge in [0.25, 0.3) is 0 Å². The highest BCUT2D eigenvalue weighted by Crippen LogP contribution is 2.11. The fourth-order valence-electron chi connectivity index (χ4n) is 2.33. The summed E-state index contributed by atoms with van der Waals surface area (Å²) in [6.07, 6.45) is 0.411. The molecule has 22 heavy (non-hydrogen) atoms. The Bertz CT molecular complexity index is 623. The second-order valence-electron chi connectivity index (χ2n) is 5.73. The lowest BCUT2D eigenvalue weighted by atomic mass is 10.1. The average Bonchev–Trinajstić information content (AvgIpc) is 2.48. The van der Waals surface area contributed by atoms with E-state index in [9.17, 15) is 4.79 Å². The van der Waals surface area contributed by atoms with Crippen LogP contribution in [0.2, 0.25) is 0 Å². The summed E-state index contributed by atoms with van der Waals surface area (Å²) in [5.74, 6) is 0.0503. The van der Waals surface area contributed by atoms with Gasteiger partial charge in [-0.15, -0.1) is 0 Å². The highest BCUT2D eigenvalue weighted by molar-refractivity contribution is 9.10. The molecule has 2 N–H and O–H groups in total. The molecule has 0 bridgehead atoms. The molecule has 2 aromatic rings. The molecule has 0 fully saturated rings. The molecule has 116 valence electrons. The fourth-order valence-corrected chi connectivity index (χ4v) is 2.59. The summed E-state index contributed by atoms with van der Waals surface area (Å²) in [6, 6.07) is 16.1. The van der Waals surface area contributed by atoms with Crippen molar-refractivity contribution in [1.29, 1.82) is 0 Å². The SMILES string of the molecule is C[NH+](C)Cc1ccccc1CNC(=O)Cc1ccc(Br)cc1. The predicted octanol–water partition coefficient (Wildman–Crippen LogP) is 1.95. The van der Waals surface area contributed by atoms with E-state index in [1.807, 2.05) is 36.4 Å². The quantitative estimate of drug-likeness (QED) is 0.809. The molecule has 2 rings (SSSR count). The molecule has 0 aromatic heterocycles. The van der Waals surface area contributed by atoms with Crippen molar-refractivity contribution in [3.05, 3.63) is 69.7 Å². The minimum absolute atomic E-state index is 0.0503. The van der Waals surface area contributed by atoms with E-state index in [4.69, 9.17) is 0 Å². The third-order valence-electron chi connectivity index (χ3n) is 3.42. The van der Waals surface area contributed by atoms with Gasteiger partial charge in [-0.05, 0) is 23.3 Å². The molecule has 4 heteroatoms. The predicted molar refractivity (Wildman–Crippen MR) is 92.6 cm³/mol. The summed E-state index contributed by atoms with van der Waals surface area (Å²) < 4.78 is 1.02. The largest absolute Gasteiger partial charge is 0.352 e. The fraction of sp³-hybridized carbons (Fsp3) is 0.278. The second-order valence-corrected chi connectivity index (χ2v) is 6.65. The Kier molecular flexibility index (Phi) is 6.16. The normalized spacial score (nSPS) is 10.7. The van der Waals surface area contributed by atoms with Crippen LogP contribution in [-0.2, 0) is 24.3 Å². The van der Waals surface area contributed by atoms with Gasteiger partial charge in [0.05, 0.1) is 20.5 Å². The number of halogens is 1. The molecule has 0 radical (unpaired) electrons. The van der Waals surface area contributed by atoms with Gasteiger partial charge < -0.3 is 10.2 Å². The van der Waals surface area contributed by atoms with E-state index < -0.39 is 0 Å². The number of rotatable bonds is 6. The Morgan fingerprint density at radius 2 is 1.68 bits per heavy atom. The van der Waals surface area contributed by atoms with Crippen LogP contribution in [-0.4, -0.2) is 20.0 Å². The molecule has 0 atom stereocenters. The molecule has 0 aliphatic rings. The topological polar surface area (TPSA) is 33.5 Å². The van der Waals surface area contributed by atoms with Crippen LogP contribution in [0.25, 0.3) is 0 Å². The van der Waals surface area contributed by atoms with Crippen molar-refractivity contribution < 1.29 is 9.69 Å². The number of hydrogen-bond acceptors (Lipinski definition) is 1. The molecule has 0 aliphatic carbocycles. The number of quaternary nitrogens is 1. The molecule has 3 nitrogen and oxygen atoms in total. The summed E-state index contributed by atoms with van der Waals surface area (Å²) in [7, 11) is 4.26. The highest BCUT2D eigenvalue weighted by atomic mass is 79.9. The Hall–Kier alpha value is -1.65. The molecule has 0 spiro atoms.